The highest BCUT2D eigenvalue weighted by Crippen LogP contribution is 2.22. The molecule has 0 aromatic heterocycles. The van der Waals surface area contributed by atoms with Crippen LogP contribution in [0, 0.1) is 11.3 Å². The van der Waals surface area contributed by atoms with Crippen molar-refractivity contribution < 1.29 is 9.59 Å². The van der Waals surface area contributed by atoms with Crippen molar-refractivity contribution in [2.75, 3.05) is 0 Å². The summed E-state index contributed by atoms with van der Waals surface area (Å²) >= 11 is 0. The third-order valence-electron chi connectivity index (χ3n) is 2.83. The SMILES string of the molecule is CC(CC(=O)C(C)NC(C)(C)C)C(=O)C(C)(C)C. The fourth-order valence-corrected chi connectivity index (χ4v) is 2.04. The van der Waals surface area contributed by atoms with Crippen LogP contribution in [0.1, 0.15) is 61.8 Å². The molecule has 0 bridgehead atoms. The Morgan fingerprint density at radius 3 is 1.78 bits per heavy atom. The summed E-state index contributed by atoms with van der Waals surface area (Å²) in [6, 6.07) is -0.208. The van der Waals surface area contributed by atoms with Gasteiger partial charge in [-0.2, -0.15) is 0 Å². The summed E-state index contributed by atoms with van der Waals surface area (Å²) in [6.07, 6.45) is 0.320. The summed E-state index contributed by atoms with van der Waals surface area (Å²) < 4.78 is 0. The van der Waals surface area contributed by atoms with Crippen molar-refractivity contribution in [2.45, 2.75) is 73.4 Å². The van der Waals surface area contributed by atoms with Crippen molar-refractivity contribution >= 4 is 11.6 Å². The summed E-state index contributed by atoms with van der Waals surface area (Å²) in [4.78, 5) is 24.1. The number of carbonyl (C=O) groups excluding carboxylic acids is 2. The van der Waals surface area contributed by atoms with Gasteiger partial charge in [0.25, 0.3) is 0 Å². The van der Waals surface area contributed by atoms with Crippen LogP contribution >= 0.6 is 0 Å². The number of Topliss-reactive ketones (excluding diaryl/α,β-unsaturated/α-hetero) is 2. The second-order valence-electron chi connectivity index (χ2n) is 7.30. The molecule has 0 amide bonds. The van der Waals surface area contributed by atoms with Crippen LogP contribution in [0.3, 0.4) is 0 Å². The summed E-state index contributed by atoms with van der Waals surface area (Å²) in [6.45, 7) is 15.5. The number of ketones is 2. The highest BCUT2D eigenvalue weighted by atomic mass is 16.1. The molecule has 0 fully saturated rings. The summed E-state index contributed by atoms with van der Waals surface area (Å²) in [7, 11) is 0. The minimum atomic E-state index is -0.375. The Kier molecular flexibility index (Phi) is 5.73. The smallest absolute Gasteiger partial charge is 0.150 e. The Balaban J connectivity index is 4.45. The van der Waals surface area contributed by atoms with Crippen molar-refractivity contribution in [3.8, 4) is 0 Å². The van der Waals surface area contributed by atoms with E-state index in [0.29, 0.717) is 6.42 Å². The van der Waals surface area contributed by atoms with Crippen molar-refractivity contribution in [1.82, 2.24) is 5.32 Å². The molecule has 18 heavy (non-hydrogen) atoms. The fraction of sp³-hybridized carbons (Fsp3) is 0.867. The molecule has 1 N–H and O–H groups in total. The van der Waals surface area contributed by atoms with Gasteiger partial charge in [-0.1, -0.05) is 27.7 Å². The number of hydrogen-bond acceptors (Lipinski definition) is 3. The topological polar surface area (TPSA) is 46.2 Å². The van der Waals surface area contributed by atoms with E-state index in [-0.39, 0.29) is 34.5 Å². The zero-order chi connectivity index (χ0) is 14.7. The molecule has 0 aromatic rings. The minimum absolute atomic E-state index is 0.0909. The van der Waals surface area contributed by atoms with Crippen LogP contribution in [0.25, 0.3) is 0 Å². The number of nitrogens with one attached hydrogen (secondary N) is 1. The first-order chi connectivity index (χ1) is 7.84. The van der Waals surface area contributed by atoms with E-state index >= 15 is 0 Å². The second-order valence-corrected chi connectivity index (χ2v) is 7.30. The maximum atomic E-state index is 12.0. The van der Waals surface area contributed by atoms with Crippen LogP contribution < -0.4 is 5.32 Å². The molecular weight excluding hydrogens is 226 g/mol. The third kappa shape index (κ3) is 6.29. The van der Waals surface area contributed by atoms with Gasteiger partial charge >= 0.3 is 0 Å². The molecule has 0 saturated heterocycles. The Hall–Kier alpha value is -0.700. The lowest BCUT2D eigenvalue weighted by Gasteiger charge is -2.27. The minimum Gasteiger partial charge on any atom is -0.303 e. The maximum absolute atomic E-state index is 12.0. The summed E-state index contributed by atoms with van der Waals surface area (Å²) in [5.41, 5.74) is -0.466. The molecule has 106 valence electrons. The van der Waals surface area contributed by atoms with Crippen molar-refractivity contribution in [3.05, 3.63) is 0 Å². The molecule has 3 heteroatoms. The first-order valence-corrected chi connectivity index (χ1v) is 6.69. The predicted molar refractivity (Wildman–Crippen MR) is 75.6 cm³/mol. The first kappa shape index (κ1) is 17.3. The van der Waals surface area contributed by atoms with E-state index < -0.39 is 0 Å². The molecule has 0 aliphatic rings. The third-order valence-corrected chi connectivity index (χ3v) is 2.83. The fourth-order valence-electron chi connectivity index (χ4n) is 2.04. The lowest BCUT2D eigenvalue weighted by atomic mass is 9.81. The van der Waals surface area contributed by atoms with Crippen LogP contribution in [0.4, 0.5) is 0 Å². The zero-order valence-electron chi connectivity index (χ0n) is 13.2. The quantitative estimate of drug-likeness (QED) is 0.821. The second kappa shape index (κ2) is 5.96. The van der Waals surface area contributed by atoms with Crippen LogP contribution in [-0.2, 0) is 9.59 Å². The Morgan fingerprint density at radius 2 is 1.44 bits per heavy atom. The van der Waals surface area contributed by atoms with Crippen LogP contribution in [-0.4, -0.2) is 23.1 Å². The van der Waals surface area contributed by atoms with Crippen LogP contribution in [0.5, 0.6) is 0 Å². The van der Waals surface area contributed by atoms with Crippen molar-refractivity contribution in [2.24, 2.45) is 11.3 Å². The van der Waals surface area contributed by atoms with E-state index in [1.54, 1.807) is 0 Å². The molecular formula is C15H29NO2. The zero-order valence-corrected chi connectivity index (χ0v) is 13.2. The lowest BCUT2D eigenvalue weighted by Crippen LogP contribution is -2.46. The van der Waals surface area contributed by atoms with Gasteiger partial charge < -0.3 is 5.32 Å². The Labute approximate surface area is 112 Å². The van der Waals surface area contributed by atoms with E-state index in [4.69, 9.17) is 0 Å². The van der Waals surface area contributed by atoms with Crippen LogP contribution in [0.2, 0.25) is 0 Å². The molecule has 2 atom stereocenters. The molecule has 0 saturated carbocycles. The van der Waals surface area contributed by atoms with Gasteiger partial charge in [-0.05, 0) is 27.7 Å². The van der Waals surface area contributed by atoms with E-state index in [1.165, 1.54) is 0 Å². The molecule has 3 nitrogen and oxygen atoms in total. The molecule has 0 aliphatic heterocycles. The molecule has 0 rings (SSSR count). The Morgan fingerprint density at radius 1 is 1.00 bits per heavy atom. The Bertz CT molecular complexity index is 307. The van der Waals surface area contributed by atoms with Gasteiger partial charge in [-0.15, -0.1) is 0 Å². The van der Waals surface area contributed by atoms with Crippen LogP contribution in [0.15, 0.2) is 0 Å². The number of carbonyl (C=O) groups is 2. The monoisotopic (exact) mass is 255 g/mol. The summed E-state index contributed by atoms with van der Waals surface area (Å²) in [5.74, 6) is 0.0514. The van der Waals surface area contributed by atoms with Gasteiger partial charge in [0.2, 0.25) is 0 Å². The normalized spacial score (nSPS) is 16.2. The van der Waals surface area contributed by atoms with E-state index in [0.717, 1.165) is 0 Å². The van der Waals surface area contributed by atoms with Gasteiger partial charge in [0.15, 0.2) is 0 Å². The number of rotatable bonds is 5. The van der Waals surface area contributed by atoms with E-state index in [1.807, 2.05) is 55.4 Å². The average Bonchev–Trinajstić information content (AvgIpc) is 2.12. The average molecular weight is 255 g/mol. The van der Waals surface area contributed by atoms with Gasteiger partial charge in [-0.3, -0.25) is 9.59 Å². The standard InChI is InChI=1S/C15H29NO2/c1-10(13(18)14(3,4)5)9-12(17)11(2)16-15(6,7)8/h10-11,16H,9H2,1-8H3. The molecule has 0 aliphatic carbocycles. The summed E-state index contributed by atoms with van der Waals surface area (Å²) in [5, 5.41) is 3.24. The molecule has 2 unspecified atom stereocenters. The highest BCUT2D eigenvalue weighted by molar-refractivity contribution is 5.92. The van der Waals surface area contributed by atoms with Crippen molar-refractivity contribution in [3.63, 3.8) is 0 Å². The van der Waals surface area contributed by atoms with Gasteiger partial charge in [-0.25, -0.2) is 0 Å². The van der Waals surface area contributed by atoms with Gasteiger partial charge in [0.05, 0.1) is 6.04 Å². The predicted octanol–water partition coefficient (Wildman–Crippen LogP) is 2.97. The molecule has 0 spiro atoms. The van der Waals surface area contributed by atoms with Gasteiger partial charge in [0, 0.05) is 23.3 Å². The molecule has 0 radical (unpaired) electrons. The van der Waals surface area contributed by atoms with E-state index in [2.05, 4.69) is 5.32 Å². The maximum Gasteiger partial charge on any atom is 0.150 e. The molecule has 0 aromatic carbocycles. The van der Waals surface area contributed by atoms with Crippen molar-refractivity contribution in [1.29, 1.82) is 0 Å². The first-order valence-electron chi connectivity index (χ1n) is 6.69. The highest BCUT2D eigenvalue weighted by Gasteiger charge is 2.29. The van der Waals surface area contributed by atoms with E-state index in [9.17, 15) is 9.59 Å². The largest absolute Gasteiger partial charge is 0.303 e. The lowest BCUT2D eigenvalue weighted by molar-refractivity contribution is -0.133. The van der Waals surface area contributed by atoms with Gasteiger partial charge in [0.1, 0.15) is 11.6 Å². The molecule has 0 heterocycles. The number of hydrogen-bond donors (Lipinski definition) is 1.